The van der Waals surface area contributed by atoms with Gasteiger partial charge in [0.25, 0.3) is 0 Å². The average molecular weight is 349 g/mol. The molecular weight excluding hydrogens is 328 g/mol. The maximum atomic E-state index is 12.0. The molecule has 2 aromatic carbocycles. The molecule has 0 aliphatic heterocycles. The molecule has 128 valence electrons. The van der Waals surface area contributed by atoms with Crippen LogP contribution in [0.1, 0.15) is 5.56 Å². The molecule has 0 aliphatic carbocycles. The first-order valence-corrected chi connectivity index (χ1v) is 7.98. The summed E-state index contributed by atoms with van der Waals surface area (Å²) in [7, 11) is 1.63. The van der Waals surface area contributed by atoms with Crippen LogP contribution >= 0.6 is 11.6 Å². The molecule has 0 unspecified atom stereocenters. The lowest BCUT2D eigenvalue weighted by Gasteiger charge is -2.11. The van der Waals surface area contributed by atoms with E-state index in [-0.39, 0.29) is 12.5 Å². The van der Waals surface area contributed by atoms with E-state index in [1.807, 2.05) is 19.1 Å². The van der Waals surface area contributed by atoms with Gasteiger partial charge in [-0.15, -0.1) is 0 Å². The molecule has 0 aromatic heterocycles. The van der Waals surface area contributed by atoms with Crippen molar-refractivity contribution in [1.29, 1.82) is 0 Å². The molecular formula is C18H21ClN2O3. The summed E-state index contributed by atoms with van der Waals surface area (Å²) in [5.41, 5.74) is 2.59. The lowest BCUT2D eigenvalue weighted by atomic mass is 10.2. The molecule has 0 saturated heterocycles. The van der Waals surface area contributed by atoms with Crippen LogP contribution < -0.4 is 15.4 Å². The lowest BCUT2D eigenvalue weighted by molar-refractivity contribution is -0.114. The van der Waals surface area contributed by atoms with Crippen LogP contribution in [0.4, 0.5) is 11.4 Å². The van der Waals surface area contributed by atoms with Gasteiger partial charge >= 0.3 is 0 Å². The van der Waals surface area contributed by atoms with Gasteiger partial charge in [-0.2, -0.15) is 0 Å². The van der Waals surface area contributed by atoms with Crippen molar-refractivity contribution in [3.05, 3.63) is 53.1 Å². The van der Waals surface area contributed by atoms with E-state index in [1.165, 1.54) is 0 Å². The number of hydrogen-bond acceptors (Lipinski definition) is 4. The number of ether oxygens (including phenoxy) is 2. The lowest BCUT2D eigenvalue weighted by Crippen LogP contribution is -2.22. The minimum Gasteiger partial charge on any atom is -0.491 e. The topological polar surface area (TPSA) is 59.6 Å². The normalized spacial score (nSPS) is 10.3. The van der Waals surface area contributed by atoms with Crippen molar-refractivity contribution in [2.24, 2.45) is 0 Å². The van der Waals surface area contributed by atoms with Gasteiger partial charge in [0.1, 0.15) is 12.4 Å². The maximum Gasteiger partial charge on any atom is 0.243 e. The molecule has 0 spiro atoms. The number of methoxy groups -OCH3 is 1. The Bertz CT molecular complexity index is 674. The van der Waals surface area contributed by atoms with Crippen LogP contribution in [0.15, 0.2) is 42.5 Å². The largest absolute Gasteiger partial charge is 0.491 e. The zero-order valence-electron chi connectivity index (χ0n) is 13.8. The van der Waals surface area contributed by atoms with E-state index in [4.69, 9.17) is 21.1 Å². The van der Waals surface area contributed by atoms with E-state index in [9.17, 15) is 4.79 Å². The van der Waals surface area contributed by atoms with Crippen molar-refractivity contribution in [3.63, 3.8) is 0 Å². The van der Waals surface area contributed by atoms with Crippen molar-refractivity contribution >= 4 is 28.9 Å². The third-order valence-corrected chi connectivity index (χ3v) is 3.57. The number of aryl methyl sites for hydroxylation is 1. The molecule has 0 bridgehead atoms. The molecule has 1 amide bonds. The summed E-state index contributed by atoms with van der Waals surface area (Å²) < 4.78 is 10.4. The molecule has 2 aromatic rings. The Morgan fingerprint density at radius 2 is 1.88 bits per heavy atom. The molecule has 6 heteroatoms. The molecule has 5 nitrogen and oxygen atoms in total. The zero-order chi connectivity index (χ0) is 17.4. The fourth-order valence-electron chi connectivity index (χ4n) is 2.04. The summed E-state index contributed by atoms with van der Waals surface area (Å²) in [5.74, 6) is 0.597. The van der Waals surface area contributed by atoms with Gasteiger partial charge in [0.15, 0.2) is 0 Å². The Hall–Kier alpha value is -2.24. The molecule has 0 heterocycles. The minimum atomic E-state index is -0.137. The molecule has 0 atom stereocenters. The molecule has 0 fully saturated rings. The molecule has 2 rings (SSSR count). The Labute approximate surface area is 146 Å². The first-order valence-electron chi connectivity index (χ1n) is 7.60. The number of amides is 1. The van der Waals surface area contributed by atoms with Crippen LogP contribution in [0.3, 0.4) is 0 Å². The standard InChI is InChI=1S/C18H21ClN2O3/c1-13-3-4-14(19)11-17(13)20-12-18(22)21-15-5-7-16(8-6-15)24-10-9-23-2/h3-8,11,20H,9-10,12H2,1-2H3,(H,21,22). The number of halogens is 1. The second-order valence-corrected chi connectivity index (χ2v) is 5.66. The van der Waals surface area contributed by atoms with E-state index in [0.717, 1.165) is 17.0 Å². The molecule has 0 radical (unpaired) electrons. The van der Waals surface area contributed by atoms with Crippen molar-refractivity contribution in [2.45, 2.75) is 6.92 Å². The van der Waals surface area contributed by atoms with Crippen molar-refractivity contribution in [3.8, 4) is 5.75 Å². The first-order chi connectivity index (χ1) is 11.6. The van der Waals surface area contributed by atoms with Crippen LogP contribution in [0.5, 0.6) is 5.75 Å². The van der Waals surface area contributed by atoms with Gasteiger partial charge < -0.3 is 20.1 Å². The summed E-state index contributed by atoms with van der Waals surface area (Å²) in [4.78, 5) is 12.0. The van der Waals surface area contributed by atoms with Gasteiger partial charge in [0, 0.05) is 23.5 Å². The fourth-order valence-corrected chi connectivity index (χ4v) is 2.21. The predicted octanol–water partition coefficient (Wildman–Crippen LogP) is 3.72. The third kappa shape index (κ3) is 5.76. The van der Waals surface area contributed by atoms with E-state index in [0.29, 0.717) is 23.9 Å². The maximum absolute atomic E-state index is 12.0. The van der Waals surface area contributed by atoms with Crippen molar-refractivity contribution in [1.82, 2.24) is 0 Å². The second-order valence-electron chi connectivity index (χ2n) is 5.23. The molecule has 24 heavy (non-hydrogen) atoms. The smallest absolute Gasteiger partial charge is 0.243 e. The monoisotopic (exact) mass is 348 g/mol. The number of rotatable bonds is 8. The van der Waals surface area contributed by atoms with Crippen LogP contribution in [0, 0.1) is 6.92 Å². The van der Waals surface area contributed by atoms with Gasteiger partial charge in [-0.25, -0.2) is 0 Å². The Balaban J connectivity index is 1.82. The van der Waals surface area contributed by atoms with Crippen LogP contribution in [0.25, 0.3) is 0 Å². The summed E-state index contributed by atoms with van der Waals surface area (Å²) in [5, 5.41) is 6.54. The Morgan fingerprint density at radius 1 is 1.12 bits per heavy atom. The molecule has 2 N–H and O–H groups in total. The van der Waals surface area contributed by atoms with Gasteiger partial charge in [0.2, 0.25) is 5.91 Å². The van der Waals surface area contributed by atoms with Crippen molar-refractivity contribution in [2.75, 3.05) is 37.5 Å². The van der Waals surface area contributed by atoms with Gasteiger partial charge in [-0.05, 0) is 48.9 Å². The quantitative estimate of drug-likeness (QED) is 0.714. The number of anilines is 2. The predicted molar refractivity (Wildman–Crippen MR) is 97.1 cm³/mol. The van der Waals surface area contributed by atoms with E-state index in [2.05, 4.69) is 10.6 Å². The second kappa shape index (κ2) is 9.15. The van der Waals surface area contributed by atoms with Gasteiger partial charge in [0.05, 0.1) is 13.2 Å². The van der Waals surface area contributed by atoms with E-state index >= 15 is 0 Å². The summed E-state index contributed by atoms with van der Waals surface area (Å²) in [6.07, 6.45) is 0. The number of carbonyl (C=O) groups is 1. The van der Waals surface area contributed by atoms with E-state index in [1.54, 1.807) is 37.4 Å². The van der Waals surface area contributed by atoms with Crippen molar-refractivity contribution < 1.29 is 14.3 Å². The molecule has 0 saturated carbocycles. The average Bonchev–Trinajstić information content (AvgIpc) is 2.57. The summed E-state index contributed by atoms with van der Waals surface area (Å²) in [6, 6.07) is 12.7. The molecule has 0 aliphatic rings. The Kier molecular flexibility index (Phi) is 6.90. The van der Waals surface area contributed by atoms with Crippen LogP contribution in [0.2, 0.25) is 5.02 Å². The number of carbonyl (C=O) groups excluding carboxylic acids is 1. The highest BCUT2D eigenvalue weighted by Gasteiger charge is 2.05. The zero-order valence-corrected chi connectivity index (χ0v) is 14.5. The Morgan fingerprint density at radius 3 is 2.58 bits per heavy atom. The fraction of sp³-hybridized carbons (Fsp3) is 0.278. The van der Waals surface area contributed by atoms with Gasteiger partial charge in [-0.1, -0.05) is 17.7 Å². The number of nitrogens with one attached hydrogen (secondary N) is 2. The SMILES string of the molecule is COCCOc1ccc(NC(=O)CNc2cc(Cl)ccc2C)cc1. The minimum absolute atomic E-state index is 0.137. The third-order valence-electron chi connectivity index (χ3n) is 3.33. The van der Waals surface area contributed by atoms with Crippen LogP contribution in [-0.2, 0) is 9.53 Å². The van der Waals surface area contributed by atoms with Crippen LogP contribution in [-0.4, -0.2) is 32.8 Å². The van der Waals surface area contributed by atoms with E-state index < -0.39 is 0 Å². The highest BCUT2D eigenvalue weighted by molar-refractivity contribution is 6.30. The number of hydrogen-bond donors (Lipinski definition) is 2. The summed E-state index contributed by atoms with van der Waals surface area (Å²) in [6.45, 7) is 3.14. The van der Waals surface area contributed by atoms with Gasteiger partial charge in [-0.3, -0.25) is 4.79 Å². The summed E-state index contributed by atoms with van der Waals surface area (Å²) >= 11 is 5.96. The first kappa shape index (κ1) is 18.1. The number of benzene rings is 2. The highest BCUT2D eigenvalue weighted by atomic mass is 35.5. The highest BCUT2D eigenvalue weighted by Crippen LogP contribution is 2.20.